The first-order valence-electron chi connectivity index (χ1n) is 8.00. The lowest BCUT2D eigenvalue weighted by Crippen LogP contribution is -2.12. The highest BCUT2D eigenvalue weighted by Gasteiger charge is 2.11. The average Bonchev–Trinajstić information content (AvgIpc) is 2.68. The summed E-state index contributed by atoms with van der Waals surface area (Å²) in [5, 5.41) is 2.90. The van der Waals surface area contributed by atoms with Gasteiger partial charge in [-0.2, -0.15) is 0 Å². The predicted octanol–water partition coefficient (Wildman–Crippen LogP) is 5.39. The second kappa shape index (κ2) is 8.06. The van der Waals surface area contributed by atoms with Crippen LogP contribution in [0.1, 0.15) is 10.4 Å². The summed E-state index contributed by atoms with van der Waals surface area (Å²) in [5.41, 5.74) is 3.43. The Morgan fingerprint density at radius 3 is 1.88 bits per heavy atom. The normalized spacial score (nSPS) is 10.3. The summed E-state index contributed by atoms with van der Waals surface area (Å²) in [4.78, 5) is 12.5. The average molecular weight is 412 g/mol. The molecule has 0 fully saturated rings. The highest BCUT2D eigenvalue weighted by molar-refractivity contribution is 9.10. The number of rotatable bonds is 5. The van der Waals surface area contributed by atoms with Gasteiger partial charge >= 0.3 is 0 Å². The molecule has 1 amide bonds. The third kappa shape index (κ3) is 4.06. The van der Waals surface area contributed by atoms with E-state index in [2.05, 4.69) is 21.2 Å². The molecule has 3 aromatic rings. The van der Waals surface area contributed by atoms with E-state index in [-0.39, 0.29) is 5.91 Å². The van der Waals surface area contributed by atoms with Crippen molar-refractivity contribution in [2.75, 3.05) is 19.5 Å². The van der Waals surface area contributed by atoms with Crippen molar-refractivity contribution in [2.24, 2.45) is 0 Å². The summed E-state index contributed by atoms with van der Waals surface area (Å²) in [6, 6.07) is 20.8. The number of hydrogen-bond acceptors (Lipinski definition) is 3. The smallest absolute Gasteiger partial charge is 0.256 e. The Kier molecular flexibility index (Phi) is 5.58. The van der Waals surface area contributed by atoms with Crippen LogP contribution in [-0.4, -0.2) is 20.1 Å². The zero-order valence-electron chi connectivity index (χ0n) is 14.5. The number of benzene rings is 3. The number of carbonyl (C=O) groups excluding carboxylic acids is 1. The van der Waals surface area contributed by atoms with E-state index < -0.39 is 0 Å². The first-order chi connectivity index (χ1) is 12.6. The summed E-state index contributed by atoms with van der Waals surface area (Å²) in [6.07, 6.45) is 0. The van der Waals surface area contributed by atoms with E-state index >= 15 is 0 Å². The van der Waals surface area contributed by atoms with Gasteiger partial charge in [-0.15, -0.1) is 0 Å². The lowest BCUT2D eigenvalue weighted by Gasteiger charge is -2.09. The van der Waals surface area contributed by atoms with Crippen LogP contribution < -0.4 is 14.8 Å². The van der Waals surface area contributed by atoms with Gasteiger partial charge in [-0.3, -0.25) is 4.79 Å². The van der Waals surface area contributed by atoms with Crippen molar-refractivity contribution in [3.63, 3.8) is 0 Å². The maximum atomic E-state index is 12.5. The summed E-state index contributed by atoms with van der Waals surface area (Å²) in [7, 11) is 3.24. The van der Waals surface area contributed by atoms with Crippen LogP contribution in [0.2, 0.25) is 0 Å². The molecule has 3 rings (SSSR count). The number of anilines is 1. The van der Waals surface area contributed by atoms with E-state index in [1.54, 1.807) is 32.4 Å². The number of amides is 1. The topological polar surface area (TPSA) is 47.6 Å². The van der Waals surface area contributed by atoms with Crippen molar-refractivity contribution in [3.8, 4) is 22.6 Å². The van der Waals surface area contributed by atoms with Gasteiger partial charge in [0.25, 0.3) is 5.91 Å². The standard InChI is InChI=1S/C21H18BrNO3/c1-25-17-9-5-15(6-10-17)14-3-7-16(8-4-14)23-21(24)19-12-11-18(26-2)13-20(19)22/h3-13H,1-2H3,(H,23,24). The van der Waals surface area contributed by atoms with Gasteiger partial charge in [0.15, 0.2) is 0 Å². The minimum absolute atomic E-state index is 0.184. The Morgan fingerprint density at radius 2 is 1.35 bits per heavy atom. The fourth-order valence-corrected chi connectivity index (χ4v) is 3.07. The molecule has 1 N–H and O–H groups in total. The van der Waals surface area contributed by atoms with Crippen molar-refractivity contribution in [3.05, 3.63) is 76.8 Å². The van der Waals surface area contributed by atoms with E-state index in [0.29, 0.717) is 15.8 Å². The number of ether oxygens (including phenoxy) is 2. The Morgan fingerprint density at radius 1 is 0.808 bits per heavy atom. The lowest BCUT2D eigenvalue weighted by atomic mass is 10.1. The zero-order chi connectivity index (χ0) is 18.5. The molecule has 132 valence electrons. The van der Waals surface area contributed by atoms with Gasteiger partial charge < -0.3 is 14.8 Å². The lowest BCUT2D eigenvalue weighted by molar-refractivity contribution is 0.102. The van der Waals surface area contributed by atoms with Crippen molar-refractivity contribution in [1.29, 1.82) is 0 Å². The fourth-order valence-electron chi connectivity index (χ4n) is 2.53. The zero-order valence-corrected chi connectivity index (χ0v) is 16.0. The molecular weight excluding hydrogens is 394 g/mol. The summed E-state index contributed by atoms with van der Waals surface area (Å²) < 4.78 is 11.0. The molecule has 0 bridgehead atoms. The van der Waals surface area contributed by atoms with E-state index in [0.717, 1.165) is 22.6 Å². The fraction of sp³-hybridized carbons (Fsp3) is 0.0952. The first-order valence-corrected chi connectivity index (χ1v) is 8.79. The van der Waals surface area contributed by atoms with Gasteiger partial charge in [0.1, 0.15) is 11.5 Å². The van der Waals surface area contributed by atoms with Crippen LogP contribution in [0.4, 0.5) is 5.69 Å². The molecule has 0 aliphatic carbocycles. The van der Waals surface area contributed by atoms with Crippen LogP contribution in [0.15, 0.2) is 71.2 Å². The molecule has 0 spiro atoms. The quantitative estimate of drug-likeness (QED) is 0.612. The minimum atomic E-state index is -0.184. The van der Waals surface area contributed by atoms with Crippen LogP contribution in [0.25, 0.3) is 11.1 Å². The monoisotopic (exact) mass is 411 g/mol. The third-order valence-electron chi connectivity index (χ3n) is 3.99. The number of halogens is 1. The molecule has 0 radical (unpaired) electrons. The molecule has 0 unspecified atom stereocenters. The van der Waals surface area contributed by atoms with Crippen LogP contribution in [-0.2, 0) is 0 Å². The van der Waals surface area contributed by atoms with Crippen molar-refractivity contribution < 1.29 is 14.3 Å². The largest absolute Gasteiger partial charge is 0.497 e. The molecule has 0 aliphatic heterocycles. The Labute approximate surface area is 160 Å². The Hall–Kier alpha value is -2.79. The SMILES string of the molecule is COc1ccc(-c2ccc(NC(=O)c3ccc(OC)cc3Br)cc2)cc1. The van der Waals surface area contributed by atoms with E-state index in [4.69, 9.17) is 9.47 Å². The first kappa shape index (κ1) is 18.0. The minimum Gasteiger partial charge on any atom is -0.497 e. The molecule has 4 nitrogen and oxygen atoms in total. The summed E-state index contributed by atoms with van der Waals surface area (Å²) >= 11 is 3.40. The van der Waals surface area contributed by atoms with Gasteiger partial charge in [0.2, 0.25) is 0 Å². The molecule has 5 heteroatoms. The molecule has 0 atom stereocenters. The van der Waals surface area contributed by atoms with Crippen LogP contribution in [0.5, 0.6) is 11.5 Å². The Balaban J connectivity index is 1.73. The highest BCUT2D eigenvalue weighted by Crippen LogP contribution is 2.26. The van der Waals surface area contributed by atoms with Gasteiger partial charge in [-0.05, 0) is 69.5 Å². The van der Waals surface area contributed by atoms with Gasteiger partial charge in [-0.25, -0.2) is 0 Å². The molecule has 0 heterocycles. The predicted molar refractivity (Wildman–Crippen MR) is 107 cm³/mol. The Bertz CT molecular complexity index is 906. The van der Waals surface area contributed by atoms with Gasteiger partial charge in [0, 0.05) is 10.2 Å². The van der Waals surface area contributed by atoms with E-state index in [9.17, 15) is 4.79 Å². The van der Waals surface area contributed by atoms with Crippen LogP contribution in [0.3, 0.4) is 0 Å². The maximum absolute atomic E-state index is 12.5. The second-order valence-corrected chi connectivity index (χ2v) is 6.46. The summed E-state index contributed by atoms with van der Waals surface area (Å²) in [6.45, 7) is 0. The molecule has 26 heavy (non-hydrogen) atoms. The van der Waals surface area contributed by atoms with Gasteiger partial charge in [-0.1, -0.05) is 24.3 Å². The van der Waals surface area contributed by atoms with Crippen LogP contribution in [0, 0.1) is 0 Å². The highest BCUT2D eigenvalue weighted by atomic mass is 79.9. The van der Waals surface area contributed by atoms with Crippen molar-refractivity contribution in [2.45, 2.75) is 0 Å². The molecular formula is C21H18BrNO3. The molecule has 0 aromatic heterocycles. The van der Waals surface area contributed by atoms with E-state index in [1.807, 2.05) is 48.5 Å². The molecule has 0 aliphatic rings. The number of methoxy groups -OCH3 is 2. The number of carbonyl (C=O) groups is 1. The van der Waals surface area contributed by atoms with E-state index in [1.165, 1.54) is 0 Å². The van der Waals surface area contributed by atoms with Crippen molar-refractivity contribution in [1.82, 2.24) is 0 Å². The molecule has 3 aromatic carbocycles. The summed E-state index contributed by atoms with van der Waals surface area (Å²) in [5.74, 6) is 1.33. The number of hydrogen-bond donors (Lipinski definition) is 1. The van der Waals surface area contributed by atoms with Crippen molar-refractivity contribution >= 4 is 27.5 Å². The van der Waals surface area contributed by atoms with Crippen LogP contribution >= 0.6 is 15.9 Å². The number of nitrogens with one attached hydrogen (secondary N) is 1. The van der Waals surface area contributed by atoms with Gasteiger partial charge in [0.05, 0.1) is 19.8 Å². The molecule has 0 saturated carbocycles. The maximum Gasteiger partial charge on any atom is 0.256 e. The second-order valence-electron chi connectivity index (χ2n) is 5.61. The molecule has 0 saturated heterocycles. The third-order valence-corrected chi connectivity index (χ3v) is 4.64.